The van der Waals surface area contributed by atoms with E-state index in [1.54, 1.807) is 0 Å². The highest BCUT2D eigenvalue weighted by molar-refractivity contribution is 7.89. The first-order valence-electron chi connectivity index (χ1n) is 6.68. The molecule has 0 saturated carbocycles. The van der Waals surface area contributed by atoms with Crippen LogP contribution in [0.15, 0.2) is 29.2 Å². The molecule has 0 unspecified atom stereocenters. The molecule has 0 atom stereocenters. The monoisotopic (exact) mass is 311 g/mol. The van der Waals surface area contributed by atoms with Gasteiger partial charge >= 0.3 is 5.97 Å². The fraction of sp³-hybridized carbons (Fsp3) is 0.429. The molecule has 2 rings (SSSR count). The highest BCUT2D eigenvalue weighted by Gasteiger charge is 2.27. The largest absolute Gasteiger partial charge is 0.454 e. The van der Waals surface area contributed by atoms with Crippen molar-refractivity contribution in [2.75, 3.05) is 19.7 Å². The first kappa shape index (κ1) is 15.7. The lowest BCUT2D eigenvalue weighted by atomic mass is 10.2. The lowest BCUT2D eigenvalue weighted by Crippen LogP contribution is -2.28. The molecule has 0 spiro atoms. The number of hydrogen-bond acceptors (Lipinski definition) is 5. The lowest BCUT2D eigenvalue weighted by molar-refractivity contribution is -0.120. The Bertz CT molecular complexity index is 647. The average molecular weight is 311 g/mol. The van der Waals surface area contributed by atoms with Crippen LogP contribution < -0.4 is 0 Å². The molecule has 0 amide bonds. The summed E-state index contributed by atoms with van der Waals surface area (Å²) in [6, 6.07) is 5.70. The van der Waals surface area contributed by atoms with Crippen molar-refractivity contribution in [2.24, 2.45) is 0 Å². The molecule has 114 valence electrons. The Morgan fingerprint density at radius 2 is 1.90 bits per heavy atom. The van der Waals surface area contributed by atoms with Crippen LogP contribution in [0.4, 0.5) is 0 Å². The molecule has 1 aliphatic rings. The summed E-state index contributed by atoms with van der Waals surface area (Å²) in [6.45, 7) is 1.99. The van der Waals surface area contributed by atoms with E-state index < -0.39 is 16.0 Å². The first-order valence-corrected chi connectivity index (χ1v) is 8.12. The molecule has 1 aromatic rings. The van der Waals surface area contributed by atoms with E-state index in [1.165, 1.54) is 35.5 Å². The van der Waals surface area contributed by atoms with Crippen molar-refractivity contribution in [1.82, 2.24) is 4.31 Å². The maximum atomic E-state index is 12.4. The van der Waals surface area contributed by atoms with Crippen molar-refractivity contribution >= 4 is 21.8 Å². The predicted octanol–water partition coefficient (Wildman–Crippen LogP) is 1.22. The summed E-state index contributed by atoms with van der Waals surface area (Å²) >= 11 is 0. The zero-order valence-electron chi connectivity index (χ0n) is 11.7. The van der Waals surface area contributed by atoms with Crippen molar-refractivity contribution < 1.29 is 22.7 Å². The molecule has 1 heterocycles. The van der Waals surface area contributed by atoms with E-state index in [1.807, 2.05) is 0 Å². The summed E-state index contributed by atoms with van der Waals surface area (Å²) in [5, 5.41) is 0. The van der Waals surface area contributed by atoms with Gasteiger partial charge in [0.25, 0.3) is 0 Å². The molecular formula is C14H17NO5S. The minimum Gasteiger partial charge on any atom is -0.454 e. The summed E-state index contributed by atoms with van der Waals surface area (Å²) in [6.07, 6.45) is 1.69. The number of Topliss-reactive ketones (excluding diaryl/α,β-unsaturated/α-hetero) is 1. The van der Waals surface area contributed by atoms with Gasteiger partial charge in [-0.1, -0.05) is 6.07 Å². The third kappa shape index (κ3) is 3.68. The highest BCUT2D eigenvalue weighted by Crippen LogP contribution is 2.21. The lowest BCUT2D eigenvalue weighted by Gasteiger charge is -2.15. The number of ether oxygens (including phenoxy) is 1. The Hall–Kier alpha value is -1.73. The third-order valence-corrected chi connectivity index (χ3v) is 5.07. The Morgan fingerprint density at radius 3 is 2.52 bits per heavy atom. The number of esters is 1. The molecule has 0 N–H and O–H groups in total. The molecule has 0 aliphatic carbocycles. The molecule has 0 radical (unpaired) electrons. The molecule has 0 aromatic heterocycles. The Morgan fingerprint density at radius 1 is 1.24 bits per heavy atom. The molecule has 21 heavy (non-hydrogen) atoms. The number of carbonyl (C=O) groups excluding carboxylic acids is 2. The van der Waals surface area contributed by atoms with Crippen LogP contribution in [0.1, 0.15) is 30.1 Å². The second kappa shape index (κ2) is 6.36. The molecule has 1 aliphatic heterocycles. The molecule has 1 fully saturated rings. The van der Waals surface area contributed by atoms with Crippen molar-refractivity contribution in [3.05, 3.63) is 29.8 Å². The van der Waals surface area contributed by atoms with Gasteiger partial charge in [0.15, 0.2) is 5.78 Å². The van der Waals surface area contributed by atoms with Gasteiger partial charge in [-0.05, 0) is 38.0 Å². The summed E-state index contributed by atoms with van der Waals surface area (Å²) in [5.41, 5.74) is 0.122. The van der Waals surface area contributed by atoms with E-state index in [0.29, 0.717) is 13.1 Å². The number of rotatable bonds is 5. The van der Waals surface area contributed by atoms with Gasteiger partial charge in [0.05, 0.1) is 10.5 Å². The van der Waals surface area contributed by atoms with Crippen LogP contribution in [-0.2, 0) is 19.6 Å². The van der Waals surface area contributed by atoms with Crippen molar-refractivity contribution in [2.45, 2.75) is 24.7 Å². The fourth-order valence-corrected chi connectivity index (χ4v) is 3.68. The van der Waals surface area contributed by atoms with Crippen LogP contribution in [0.5, 0.6) is 0 Å². The highest BCUT2D eigenvalue weighted by atomic mass is 32.2. The van der Waals surface area contributed by atoms with E-state index in [2.05, 4.69) is 0 Å². The van der Waals surface area contributed by atoms with Gasteiger partial charge in [0.1, 0.15) is 6.61 Å². The van der Waals surface area contributed by atoms with Gasteiger partial charge in [-0.15, -0.1) is 0 Å². The third-order valence-electron chi connectivity index (χ3n) is 3.18. The quantitative estimate of drug-likeness (QED) is 0.764. The Labute approximate surface area is 123 Å². The summed E-state index contributed by atoms with van der Waals surface area (Å²) in [4.78, 5) is 22.6. The maximum absolute atomic E-state index is 12.4. The standard InChI is InChI=1S/C14H17NO5S/c1-11(16)10-20-14(17)12-5-4-6-13(9-12)21(18,19)15-7-2-3-8-15/h4-6,9H,2-3,7-8,10H2,1H3. The van der Waals surface area contributed by atoms with Crippen molar-refractivity contribution in [3.63, 3.8) is 0 Å². The zero-order valence-corrected chi connectivity index (χ0v) is 12.6. The molecule has 7 heteroatoms. The van der Waals surface area contributed by atoms with Gasteiger partial charge in [-0.3, -0.25) is 4.79 Å². The summed E-state index contributed by atoms with van der Waals surface area (Å²) < 4.78 is 31.0. The first-order chi connectivity index (χ1) is 9.91. The van der Waals surface area contributed by atoms with E-state index in [0.717, 1.165) is 12.8 Å². The predicted molar refractivity (Wildman–Crippen MR) is 75.4 cm³/mol. The number of nitrogens with zero attached hydrogens (tertiary/aromatic N) is 1. The second-order valence-corrected chi connectivity index (χ2v) is 6.86. The summed E-state index contributed by atoms with van der Waals surface area (Å²) in [7, 11) is -3.57. The van der Waals surface area contributed by atoms with Crippen LogP contribution >= 0.6 is 0 Å². The minimum absolute atomic E-state index is 0.0710. The second-order valence-electron chi connectivity index (χ2n) is 4.92. The number of sulfonamides is 1. The van der Waals surface area contributed by atoms with Crippen LogP contribution in [0.3, 0.4) is 0 Å². The van der Waals surface area contributed by atoms with Gasteiger partial charge in [0, 0.05) is 13.1 Å². The Kier molecular flexibility index (Phi) is 4.74. The smallest absolute Gasteiger partial charge is 0.338 e. The average Bonchev–Trinajstić information content (AvgIpc) is 2.99. The normalized spacial score (nSPS) is 15.9. The maximum Gasteiger partial charge on any atom is 0.338 e. The SMILES string of the molecule is CC(=O)COC(=O)c1cccc(S(=O)(=O)N2CCCC2)c1. The summed E-state index contributed by atoms with van der Waals surface area (Å²) in [5.74, 6) is -0.979. The van der Waals surface area contributed by atoms with Crippen LogP contribution in [-0.4, -0.2) is 44.2 Å². The number of carbonyl (C=O) groups is 2. The zero-order chi connectivity index (χ0) is 15.5. The number of benzene rings is 1. The van der Waals surface area contributed by atoms with E-state index in [4.69, 9.17) is 4.74 Å². The minimum atomic E-state index is -3.57. The van der Waals surface area contributed by atoms with Crippen molar-refractivity contribution in [1.29, 1.82) is 0 Å². The van der Waals surface area contributed by atoms with E-state index >= 15 is 0 Å². The van der Waals surface area contributed by atoms with Crippen molar-refractivity contribution in [3.8, 4) is 0 Å². The van der Waals surface area contributed by atoms with Gasteiger partial charge in [-0.25, -0.2) is 13.2 Å². The topological polar surface area (TPSA) is 80.8 Å². The molecular weight excluding hydrogens is 294 g/mol. The fourth-order valence-electron chi connectivity index (χ4n) is 2.11. The van der Waals surface area contributed by atoms with Crippen LogP contribution in [0.25, 0.3) is 0 Å². The van der Waals surface area contributed by atoms with E-state index in [-0.39, 0.29) is 22.8 Å². The van der Waals surface area contributed by atoms with Crippen LogP contribution in [0.2, 0.25) is 0 Å². The molecule has 1 aromatic carbocycles. The van der Waals surface area contributed by atoms with Crippen LogP contribution in [0, 0.1) is 0 Å². The van der Waals surface area contributed by atoms with Gasteiger partial charge in [-0.2, -0.15) is 4.31 Å². The van der Waals surface area contributed by atoms with E-state index in [9.17, 15) is 18.0 Å². The molecule has 0 bridgehead atoms. The molecule has 6 nitrogen and oxygen atoms in total. The van der Waals surface area contributed by atoms with Gasteiger partial charge in [0.2, 0.25) is 10.0 Å². The number of hydrogen-bond donors (Lipinski definition) is 0. The number of ketones is 1. The Balaban J connectivity index is 2.21. The van der Waals surface area contributed by atoms with Gasteiger partial charge < -0.3 is 4.74 Å². The molecule has 1 saturated heterocycles.